The van der Waals surface area contributed by atoms with E-state index in [-0.39, 0.29) is 11.3 Å². The molecule has 0 saturated carbocycles. The van der Waals surface area contributed by atoms with Crippen LogP contribution in [0.2, 0.25) is 0 Å². The van der Waals surface area contributed by atoms with E-state index >= 15 is 0 Å². The lowest BCUT2D eigenvalue weighted by Crippen LogP contribution is -2.60. The summed E-state index contributed by atoms with van der Waals surface area (Å²) in [6, 6.07) is 3.62. The molecular formula is C27H30O18. The molecule has 10 atom stereocenters. The lowest BCUT2D eigenvalue weighted by Gasteiger charge is -2.39. The molecule has 5 rings (SSSR count). The van der Waals surface area contributed by atoms with Crippen LogP contribution < -0.4 is 14.9 Å². The van der Waals surface area contributed by atoms with Crippen molar-refractivity contribution in [3.05, 3.63) is 34.5 Å². The first-order chi connectivity index (χ1) is 21.3. The van der Waals surface area contributed by atoms with E-state index in [2.05, 4.69) is 0 Å². The van der Waals surface area contributed by atoms with Gasteiger partial charge in [0.05, 0.1) is 13.2 Å². The maximum absolute atomic E-state index is 13.8. The number of benzene rings is 2. The van der Waals surface area contributed by atoms with Gasteiger partial charge in [0.2, 0.25) is 23.8 Å². The SMILES string of the molecule is O=c1c(O[C@@H]2O[C@H](CO)[C@@H](O)[C@H](O)C2O)c(-c2cc(O)c(O)c(O)c2)oc2cc(O[C@@H]3O[C@@H](CO)[C@@H](O)[C@H](O)[C@H]3O)cc(O)c12. The van der Waals surface area contributed by atoms with Gasteiger partial charge < -0.3 is 84.6 Å². The maximum atomic E-state index is 13.8. The zero-order valence-corrected chi connectivity index (χ0v) is 22.8. The standard InChI is InChI=1S/C27H30O18/c28-5-13-17(34)20(37)22(39)26(43-13)41-8-3-9(30)15-12(4-8)42-24(7-1-10(31)16(33)11(32)2-7)25(19(15)36)45-27-23(40)21(38)18(35)14(6-29)44-27/h1-4,13-14,17-18,20-23,26-35,37-40H,5-6H2/t13-,14+,17+,18+,20-,21-,22+,23?,26+,27-/m0/s1. The van der Waals surface area contributed by atoms with Gasteiger partial charge in [-0.05, 0) is 12.1 Å². The molecule has 0 amide bonds. The first-order valence-corrected chi connectivity index (χ1v) is 13.3. The van der Waals surface area contributed by atoms with Gasteiger partial charge >= 0.3 is 0 Å². The number of aromatic hydroxyl groups is 4. The second-order valence-corrected chi connectivity index (χ2v) is 10.4. The van der Waals surface area contributed by atoms with E-state index in [0.29, 0.717) is 0 Å². The van der Waals surface area contributed by atoms with Gasteiger partial charge in [0.15, 0.2) is 23.0 Å². The summed E-state index contributed by atoms with van der Waals surface area (Å²) in [6.45, 7) is -1.59. The Morgan fingerprint density at radius 2 is 1.16 bits per heavy atom. The third-order valence-corrected chi connectivity index (χ3v) is 7.42. The highest BCUT2D eigenvalue weighted by atomic mass is 16.7. The van der Waals surface area contributed by atoms with Crippen LogP contribution in [0, 0.1) is 0 Å². The number of phenolic OH excluding ortho intramolecular Hbond substituents is 4. The Hall–Kier alpha value is -3.95. The Labute approximate surface area is 250 Å². The zero-order valence-electron chi connectivity index (χ0n) is 22.8. The average molecular weight is 643 g/mol. The molecule has 3 heterocycles. The molecule has 18 heteroatoms. The van der Waals surface area contributed by atoms with Crippen molar-refractivity contribution in [2.75, 3.05) is 13.2 Å². The zero-order chi connectivity index (χ0) is 32.9. The van der Waals surface area contributed by atoms with Crippen LogP contribution in [0.1, 0.15) is 0 Å². The van der Waals surface area contributed by atoms with Crippen LogP contribution in [0.5, 0.6) is 34.5 Å². The Balaban J connectivity index is 1.62. The van der Waals surface area contributed by atoms with Gasteiger partial charge in [-0.3, -0.25) is 4.79 Å². The molecule has 2 fully saturated rings. The highest BCUT2D eigenvalue weighted by Crippen LogP contribution is 2.43. The first-order valence-electron chi connectivity index (χ1n) is 13.3. The molecule has 18 nitrogen and oxygen atoms in total. The molecule has 2 aliphatic rings. The number of rotatable bonds is 7. The largest absolute Gasteiger partial charge is 0.507 e. The van der Waals surface area contributed by atoms with Crippen molar-refractivity contribution in [1.29, 1.82) is 0 Å². The van der Waals surface area contributed by atoms with Crippen LogP contribution in [0.4, 0.5) is 0 Å². The third-order valence-electron chi connectivity index (χ3n) is 7.42. The number of hydrogen-bond acceptors (Lipinski definition) is 18. The minimum atomic E-state index is -1.99. The van der Waals surface area contributed by atoms with Crippen LogP contribution in [-0.4, -0.2) is 136 Å². The van der Waals surface area contributed by atoms with Gasteiger partial charge in [-0.15, -0.1) is 0 Å². The van der Waals surface area contributed by atoms with Gasteiger partial charge in [0, 0.05) is 17.7 Å². The lowest BCUT2D eigenvalue weighted by molar-refractivity contribution is -0.277. The van der Waals surface area contributed by atoms with Gasteiger partial charge in [-0.25, -0.2) is 0 Å². The van der Waals surface area contributed by atoms with E-state index in [1.807, 2.05) is 0 Å². The number of aliphatic hydroxyl groups is 8. The molecule has 0 aliphatic carbocycles. The molecule has 1 aromatic heterocycles. The third kappa shape index (κ3) is 5.79. The summed E-state index contributed by atoms with van der Waals surface area (Å²) in [5, 5.41) is 120. The minimum absolute atomic E-state index is 0.305. The van der Waals surface area contributed by atoms with E-state index in [0.717, 1.165) is 24.3 Å². The summed E-state index contributed by atoms with van der Waals surface area (Å²) in [4.78, 5) is 13.8. The molecule has 1 unspecified atom stereocenters. The van der Waals surface area contributed by atoms with E-state index in [4.69, 9.17) is 23.4 Å². The van der Waals surface area contributed by atoms with E-state index in [9.17, 15) is 66.1 Å². The predicted octanol–water partition coefficient (Wildman–Crippen LogP) is -3.36. The molecule has 2 aliphatic heterocycles. The highest BCUT2D eigenvalue weighted by Gasteiger charge is 2.46. The number of hydrogen-bond donors (Lipinski definition) is 12. The van der Waals surface area contributed by atoms with Gasteiger partial charge in [-0.1, -0.05) is 0 Å². The van der Waals surface area contributed by atoms with Crippen LogP contribution in [0.15, 0.2) is 33.5 Å². The van der Waals surface area contributed by atoms with Crippen LogP contribution >= 0.6 is 0 Å². The minimum Gasteiger partial charge on any atom is -0.507 e. The van der Waals surface area contributed by atoms with Crippen molar-refractivity contribution in [2.45, 2.75) is 61.4 Å². The number of fused-ring (bicyclic) bond motifs is 1. The number of ether oxygens (including phenoxy) is 4. The first kappa shape index (κ1) is 32.4. The van der Waals surface area contributed by atoms with Crippen molar-refractivity contribution in [3.63, 3.8) is 0 Å². The maximum Gasteiger partial charge on any atom is 0.239 e. The van der Waals surface area contributed by atoms with Gasteiger partial charge in [-0.2, -0.15) is 0 Å². The predicted molar refractivity (Wildman–Crippen MR) is 143 cm³/mol. The van der Waals surface area contributed by atoms with E-state index in [1.165, 1.54) is 0 Å². The second-order valence-electron chi connectivity index (χ2n) is 10.4. The molecule has 12 N–H and O–H groups in total. The van der Waals surface area contributed by atoms with Crippen molar-refractivity contribution in [3.8, 4) is 45.8 Å². The Kier molecular flexibility index (Phi) is 8.97. The molecule has 0 radical (unpaired) electrons. The molecule has 0 spiro atoms. The average Bonchev–Trinajstić information content (AvgIpc) is 3.00. The molecule has 2 aromatic carbocycles. The van der Waals surface area contributed by atoms with Gasteiger partial charge in [0.25, 0.3) is 0 Å². The summed E-state index contributed by atoms with van der Waals surface area (Å²) in [5.41, 5.74) is -1.89. The number of aliphatic hydroxyl groups excluding tert-OH is 8. The quantitative estimate of drug-likeness (QED) is 0.112. The lowest BCUT2D eigenvalue weighted by atomic mass is 9.99. The van der Waals surface area contributed by atoms with E-state index < -0.39 is 126 Å². The summed E-state index contributed by atoms with van der Waals surface area (Å²) < 4.78 is 27.5. The Bertz CT molecular complexity index is 1580. The van der Waals surface area contributed by atoms with Crippen LogP contribution in [0.25, 0.3) is 22.3 Å². The van der Waals surface area contributed by atoms with Crippen LogP contribution in [0.3, 0.4) is 0 Å². The fourth-order valence-corrected chi connectivity index (χ4v) is 4.94. The van der Waals surface area contributed by atoms with Crippen LogP contribution in [-0.2, 0) is 9.47 Å². The number of phenols is 4. The van der Waals surface area contributed by atoms with Crippen molar-refractivity contribution in [2.24, 2.45) is 0 Å². The van der Waals surface area contributed by atoms with Crippen molar-refractivity contribution < 1.29 is 84.6 Å². The van der Waals surface area contributed by atoms with E-state index in [1.54, 1.807) is 0 Å². The summed E-state index contributed by atoms with van der Waals surface area (Å²) in [7, 11) is 0. The molecule has 45 heavy (non-hydrogen) atoms. The molecule has 2 saturated heterocycles. The second kappa shape index (κ2) is 12.4. The fraction of sp³-hybridized carbons (Fsp3) is 0.444. The summed E-state index contributed by atoms with van der Waals surface area (Å²) in [6.07, 6.45) is -17.4. The molecule has 0 bridgehead atoms. The molecule has 3 aromatic rings. The van der Waals surface area contributed by atoms with Gasteiger partial charge in [0.1, 0.15) is 71.3 Å². The highest BCUT2D eigenvalue weighted by molar-refractivity contribution is 5.88. The Morgan fingerprint density at radius 1 is 0.644 bits per heavy atom. The van der Waals surface area contributed by atoms with Crippen molar-refractivity contribution in [1.82, 2.24) is 0 Å². The molecule has 246 valence electrons. The van der Waals surface area contributed by atoms with Crippen molar-refractivity contribution >= 4 is 11.0 Å². The normalized spacial score (nSPS) is 32.0. The summed E-state index contributed by atoms with van der Waals surface area (Å²) >= 11 is 0. The monoisotopic (exact) mass is 642 g/mol. The Morgan fingerprint density at radius 3 is 1.67 bits per heavy atom. The summed E-state index contributed by atoms with van der Waals surface area (Å²) in [5.74, 6) is -5.21. The smallest absolute Gasteiger partial charge is 0.239 e. The fourth-order valence-electron chi connectivity index (χ4n) is 4.94. The topological polar surface area (TPSA) is 310 Å². The molecular weight excluding hydrogens is 612 g/mol.